The fourth-order valence-electron chi connectivity index (χ4n) is 0.852. The Kier molecular flexibility index (Phi) is 2.22. The molecule has 14 heavy (non-hydrogen) atoms. The molecule has 0 N–H and O–H groups in total. The van der Waals surface area contributed by atoms with Gasteiger partial charge in [-0.25, -0.2) is 8.78 Å². The van der Waals surface area contributed by atoms with Crippen molar-refractivity contribution in [2.24, 2.45) is 0 Å². The van der Waals surface area contributed by atoms with E-state index in [1.165, 1.54) is 0 Å². The molecule has 1 aliphatic heterocycles. The molecule has 0 amide bonds. The average molecular weight is 230 g/mol. The van der Waals surface area contributed by atoms with E-state index in [2.05, 4.69) is 4.74 Å². The molecule has 0 saturated carbocycles. The molecule has 9 heteroatoms. The van der Waals surface area contributed by atoms with Gasteiger partial charge >= 0.3 is 18.0 Å². The van der Waals surface area contributed by atoms with Crippen LogP contribution < -0.4 is 0 Å². The van der Waals surface area contributed by atoms with Gasteiger partial charge in [0.15, 0.2) is 6.10 Å². The predicted molar refractivity (Wildman–Crippen MR) is 25.7 cm³/mol. The highest BCUT2D eigenvalue weighted by Crippen LogP contribution is 2.54. The summed E-state index contributed by atoms with van der Waals surface area (Å²) >= 11 is 0. The van der Waals surface area contributed by atoms with Crippen molar-refractivity contribution in [2.75, 3.05) is 0 Å². The molecule has 0 aromatic heterocycles. The maximum Gasteiger partial charge on any atom is 0.434 e. The fraction of sp³-hybridized carbons (Fsp3) is 1.00. The topological polar surface area (TPSA) is 12.5 Å². The molecule has 1 saturated heterocycles. The summed E-state index contributed by atoms with van der Waals surface area (Å²) in [6.07, 6.45) is -18.5. The first-order valence-electron chi connectivity index (χ1n) is 3.13. The van der Waals surface area contributed by atoms with Crippen LogP contribution >= 0.6 is 0 Å². The fourth-order valence-corrected chi connectivity index (χ4v) is 0.852. The van der Waals surface area contributed by atoms with Crippen LogP contribution in [0.3, 0.4) is 0 Å². The second-order valence-corrected chi connectivity index (χ2v) is 2.62. The highest BCUT2D eigenvalue weighted by Gasteiger charge is 2.82. The Balaban J connectivity index is 3.04. The van der Waals surface area contributed by atoms with Crippen LogP contribution in [-0.4, -0.2) is 30.5 Å². The van der Waals surface area contributed by atoms with E-state index >= 15 is 0 Å². The zero-order valence-electron chi connectivity index (χ0n) is 6.09. The second kappa shape index (κ2) is 2.71. The zero-order valence-corrected chi connectivity index (χ0v) is 6.09. The summed E-state index contributed by atoms with van der Waals surface area (Å²) in [5.74, 6) is 0. The molecule has 1 nitrogen and oxygen atoms in total. The van der Waals surface area contributed by atoms with E-state index in [1.807, 2.05) is 0 Å². The lowest BCUT2D eigenvalue weighted by Crippen LogP contribution is -2.57. The number of alkyl halides is 8. The number of ether oxygens (including phenoxy) is 1. The Morgan fingerprint density at radius 1 is 0.786 bits per heavy atom. The Morgan fingerprint density at radius 2 is 1.07 bits per heavy atom. The van der Waals surface area contributed by atoms with Crippen molar-refractivity contribution in [1.29, 1.82) is 0 Å². The van der Waals surface area contributed by atoms with Crippen molar-refractivity contribution in [2.45, 2.75) is 30.5 Å². The summed E-state index contributed by atoms with van der Waals surface area (Å²) in [5.41, 5.74) is -5.64. The molecule has 0 unspecified atom stereocenters. The van der Waals surface area contributed by atoms with Crippen molar-refractivity contribution < 1.29 is 39.9 Å². The average Bonchev–Trinajstić information content (AvgIpc) is 2.60. The van der Waals surface area contributed by atoms with Crippen LogP contribution in [0.4, 0.5) is 35.1 Å². The molecular weight excluding hydrogens is 228 g/mol. The van der Waals surface area contributed by atoms with Crippen molar-refractivity contribution in [1.82, 2.24) is 0 Å². The van der Waals surface area contributed by atoms with Crippen molar-refractivity contribution >= 4 is 0 Å². The van der Waals surface area contributed by atoms with Crippen LogP contribution in [-0.2, 0) is 4.74 Å². The summed E-state index contributed by atoms with van der Waals surface area (Å²) in [6, 6.07) is 0. The summed E-state index contributed by atoms with van der Waals surface area (Å²) < 4.78 is 98.1. The minimum absolute atomic E-state index is 2.87. The molecule has 2 atom stereocenters. The van der Waals surface area contributed by atoms with Gasteiger partial charge in [-0.05, 0) is 0 Å². The van der Waals surface area contributed by atoms with Crippen molar-refractivity contribution in [3.05, 3.63) is 0 Å². The Morgan fingerprint density at radius 3 is 1.14 bits per heavy atom. The Bertz CT molecular complexity index is 215. The van der Waals surface area contributed by atoms with Crippen molar-refractivity contribution in [3.8, 4) is 0 Å². The van der Waals surface area contributed by atoms with Crippen LogP contribution in [0.2, 0.25) is 0 Å². The first-order chi connectivity index (χ1) is 6.02. The molecule has 1 rings (SSSR count). The van der Waals surface area contributed by atoms with Crippen LogP contribution in [0.1, 0.15) is 0 Å². The lowest BCUT2D eigenvalue weighted by atomic mass is 10.0. The number of hydrogen-bond acceptors (Lipinski definition) is 1. The van der Waals surface area contributed by atoms with E-state index in [0.717, 1.165) is 0 Å². The van der Waals surface area contributed by atoms with E-state index in [1.54, 1.807) is 0 Å². The lowest BCUT2D eigenvalue weighted by Gasteiger charge is -2.27. The summed E-state index contributed by atoms with van der Waals surface area (Å²) in [5, 5.41) is 0. The van der Waals surface area contributed by atoms with E-state index in [4.69, 9.17) is 0 Å². The summed E-state index contributed by atoms with van der Waals surface area (Å²) in [7, 11) is 0. The van der Waals surface area contributed by atoms with E-state index in [9.17, 15) is 35.1 Å². The molecule has 1 aliphatic rings. The maximum absolute atomic E-state index is 12.6. The smallest absolute Gasteiger partial charge is 0.333 e. The number of hydrogen-bond donors (Lipinski definition) is 0. The monoisotopic (exact) mass is 230 g/mol. The van der Waals surface area contributed by atoms with Crippen LogP contribution in [0.25, 0.3) is 0 Å². The van der Waals surface area contributed by atoms with Gasteiger partial charge in [0.1, 0.15) is 0 Å². The Hall–Kier alpha value is -0.600. The third kappa shape index (κ3) is 1.43. The van der Waals surface area contributed by atoms with Crippen molar-refractivity contribution in [3.63, 3.8) is 0 Å². The largest absolute Gasteiger partial charge is 0.434 e. The minimum atomic E-state index is -6.25. The summed E-state index contributed by atoms with van der Waals surface area (Å²) in [4.78, 5) is 0. The quantitative estimate of drug-likeness (QED) is 0.498. The molecule has 0 radical (unpaired) electrons. The molecule has 1 heterocycles. The molecule has 0 spiro atoms. The highest BCUT2D eigenvalue weighted by atomic mass is 19.4. The van der Waals surface area contributed by atoms with Gasteiger partial charge in [-0.3, -0.25) is 0 Å². The SMILES string of the molecule is F[C@@H]1O[C@@H]1C(F)(C(F)(F)F)C(F)(F)F. The van der Waals surface area contributed by atoms with Gasteiger partial charge < -0.3 is 4.74 Å². The van der Waals surface area contributed by atoms with Crippen LogP contribution in [0.15, 0.2) is 0 Å². The Labute approximate surface area is 71.6 Å². The molecule has 0 bridgehead atoms. The third-order valence-corrected chi connectivity index (χ3v) is 1.66. The molecule has 0 aromatic carbocycles. The normalized spacial score (nSPS) is 29.1. The third-order valence-electron chi connectivity index (χ3n) is 1.66. The molecule has 84 valence electrons. The highest BCUT2D eigenvalue weighted by molar-refractivity contribution is 5.07. The number of rotatable bonds is 1. The predicted octanol–water partition coefficient (Wildman–Crippen LogP) is 2.51. The molecular formula is C5H2F8O. The summed E-state index contributed by atoms with van der Waals surface area (Å²) in [6.45, 7) is 0. The van der Waals surface area contributed by atoms with E-state index in [0.29, 0.717) is 0 Å². The zero-order chi connectivity index (χ0) is 11.4. The minimum Gasteiger partial charge on any atom is -0.333 e. The van der Waals surface area contributed by atoms with Gasteiger partial charge in [0.25, 0.3) is 0 Å². The number of halogens is 8. The van der Waals surface area contributed by atoms with Gasteiger partial charge in [0.05, 0.1) is 0 Å². The molecule has 1 fully saturated rings. The van der Waals surface area contributed by atoms with Crippen LogP contribution in [0.5, 0.6) is 0 Å². The number of epoxide rings is 1. The van der Waals surface area contributed by atoms with E-state index in [-0.39, 0.29) is 0 Å². The lowest BCUT2D eigenvalue weighted by molar-refractivity contribution is -0.346. The second-order valence-electron chi connectivity index (χ2n) is 2.62. The first kappa shape index (κ1) is 11.5. The van der Waals surface area contributed by atoms with Gasteiger partial charge in [0, 0.05) is 0 Å². The molecule has 0 aliphatic carbocycles. The van der Waals surface area contributed by atoms with Gasteiger partial charge in [-0.15, -0.1) is 0 Å². The van der Waals surface area contributed by atoms with Gasteiger partial charge in [-0.1, -0.05) is 0 Å². The van der Waals surface area contributed by atoms with Gasteiger partial charge in [0.2, 0.25) is 6.36 Å². The standard InChI is InChI=1S/C5H2F8O/c6-2-1(14-2)3(7,4(8,9)10)5(11,12)13/h1-2H/t1-,2+/m0/s1. The van der Waals surface area contributed by atoms with Crippen LogP contribution in [0, 0.1) is 0 Å². The molecule has 0 aromatic rings. The first-order valence-corrected chi connectivity index (χ1v) is 3.13. The van der Waals surface area contributed by atoms with Gasteiger partial charge in [-0.2, -0.15) is 26.3 Å². The van der Waals surface area contributed by atoms with E-state index < -0.39 is 30.5 Å². The maximum atomic E-state index is 12.6.